The van der Waals surface area contributed by atoms with Crippen LogP contribution in [0, 0.1) is 28.6 Å². The molecule has 4 rings (SSSR count). The summed E-state index contributed by atoms with van der Waals surface area (Å²) in [7, 11) is -0.309. The van der Waals surface area contributed by atoms with Gasteiger partial charge in [0.2, 0.25) is 0 Å². The molecule has 0 aromatic heterocycles. The topological polar surface area (TPSA) is 9.23 Å². The Kier molecular flexibility index (Phi) is 4.75. The van der Waals surface area contributed by atoms with E-state index in [2.05, 4.69) is 26.8 Å². The van der Waals surface area contributed by atoms with Crippen molar-refractivity contribution < 1.29 is 4.43 Å². The maximum absolute atomic E-state index is 6.37. The van der Waals surface area contributed by atoms with Crippen LogP contribution in [0.1, 0.15) is 85.0 Å². The van der Waals surface area contributed by atoms with Crippen molar-refractivity contribution in [2.75, 3.05) is 6.61 Å². The first kappa shape index (κ1) is 17.3. The molecule has 0 saturated heterocycles. The zero-order valence-electron chi connectivity index (χ0n) is 16.3. The Balaban J connectivity index is 1.54. The average Bonchev–Trinajstić information content (AvgIpc) is 2.98. The summed E-state index contributed by atoms with van der Waals surface area (Å²) in [6.45, 7) is 8.42. The summed E-state index contributed by atoms with van der Waals surface area (Å²) in [6, 6.07) is 0. The van der Waals surface area contributed by atoms with E-state index in [1.807, 2.05) is 5.57 Å². The fourth-order valence-electron chi connectivity index (χ4n) is 7.24. The molecule has 0 bridgehead atoms. The molecular weight excluding hydrogens is 308 g/mol. The minimum absolute atomic E-state index is 0.309. The maximum Gasteiger partial charge on any atom is 0.164 e. The molecule has 0 aliphatic heterocycles. The average molecular weight is 347 g/mol. The smallest absolute Gasteiger partial charge is 0.164 e. The molecule has 24 heavy (non-hydrogen) atoms. The molecule has 0 aromatic rings. The van der Waals surface area contributed by atoms with Crippen molar-refractivity contribution >= 4 is 9.76 Å². The predicted molar refractivity (Wildman–Crippen MR) is 105 cm³/mol. The largest absolute Gasteiger partial charge is 0.423 e. The zero-order valence-corrected chi connectivity index (χ0v) is 17.7. The highest BCUT2D eigenvalue weighted by atomic mass is 28.2. The second-order valence-electron chi connectivity index (χ2n) is 10.2. The Labute approximate surface area is 152 Å². The predicted octanol–water partition coefficient (Wildman–Crippen LogP) is 5.64. The van der Waals surface area contributed by atoms with Gasteiger partial charge < -0.3 is 4.43 Å². The lowest BCUT2D eigenvalue weighted by molar-refractivity contribution is -0.0523. The van der Waals surface area contributed by atoms with Crippen LogP contribution in [0.2, 0.25) is 5.54 Å². The lowest BCUT2D eigenvalue weighted by atomic mass is 9.48. The summed E-state index contributed by atoms with van der Waals surface area (Å²) >= 11 is 0. The molecule has 0 heterocycles. The van der Waals surface area contributed by atoms with Crippen molar-refractivity contribution in [1.82, 2.24) is 0 Å². The SMILES string of the molecule is CC(C)[SiH2]OC[C@@]12CCC[C@H]1[C@@H]1CC=C3CCCC[C@]3(C)[C@H]1CC2. The Morgan fingerprint density at radius 1 is 1.12 bits per heavy atom. The highest BCUT2D eigenvalue weighted by Crippen LogP contribution is 2.64. The van der Waals surface area contributed by atoms with Crippen LogP contribution in [-0.2, 0) is 4.43 Å². The monoisotopic (exact) mass is 346 g/mol. The molecule has 4 aliphatic rings. The van der Waals surface area contributed by atoms with Crippen LogP contribution < -0.4 is 0 Å². The highest BCUT2D eigenvalue weighted by molar-refractivity contribution is 6.29. The van der Waals surface area contributed by atoms with Crippen molar-refractivity contribution in [3.63, 3.8) is 0 Å². The summed E-state index contributed by atoms with van der Waals surface area (Å²) in [5.41, 5.74) is 3.78. The molecule has 1 nitrogen and oxygen atoms in total. The van der Waals surface area contributed by atoms with Crippen LogP contribution in [0.5, 0.6) is 0 Å². The molecule has 5 atom stereocenters. The fraction of sp³-hybridized carbons (Fsp3) is 0.909. The van der Waals surface area contributed by atoms with Gasteiger partial charge in [-0.3, -0.25) is 0 Å². The van der Waals surface area contributed by atoms with Gasteiger partial charge in [0.05, 0.1) is 0 Å². The van der Waals surface area contributed by atoms with E-state index in [1.54, 1.807) is 0 Å². The first-order valence-corrected chi connectivity index (χ1v) is 12.2. The normalized spacial score (nSPS) is 45.2. The number of rotatable bonds is 4. The molecule has 3 fully saturated rings. The van der Waals surface area contributed by atoms with Crippen molar-refractivity contribution in [2.24, 2.45) is 28.6 Å². The highest BCUT2D eigenvalue weighted by Gasteiger charge is 2.56. The van der Waals surface area contributed by atoms with Crippen LogP contribution in [-0.4, -0.2) is 16.4 Å². The van der Waals surface area contributed by atoms with Gasteiger partial charge in [-0.05, 0) is 85.5 Å². The second kappa shape index (κ2) is 6.58. The van der Waals surface area contributed by atoms with Crippen molar-refractivity contribution in [1.29, 1.82) is 0 Å². The van der Waals surface area contributed by atoms with E-state index >= 15 is 0 Å². The lowest BCUT2D eigenvalue weighted by Gasteiger charge is -2.57. The van der Waals surface area contributed by atoms with Crippen molar-refractivity contribution in [2.45, 2.75) is 90.5 Å². The lowest BCUT2D eigenvalue weighted by Crippen LogP contribution is -2.50. The van der Waals surface area contributed by atoms with Crippen LogP contribution in [0.25, 0.3) is 0 Å². The molecule has 2 heteroatoms. The molecule has 136 valence electrons. The van der Waals surface area contributed by atoms with E-state index in [4.69, 9.17) is 4.43 Å². The number of hydrogen-bond acceptors (Lipinski definition) is 1. The quantitative estimate of drug-likeness (QED) is 0.473. The number of allylic oxidation sites excluding steroid dienone is 2. The molecule has 0 spiro atoms. The second-order valence-corrected chi connectivity index (χ2v) is 12.5. The van der Waals surface area contributed by atoms with E-state index in [-0.39, 0.29) is 9.76 Å². The van der Waals surface area contributed by atoms with Crippen LogP contribution in [0.15, 0.2) is 11.6 Å². The van der Waals surface area contributed by atoms with Crippen LogP contribution in [0.3, 0.4) is 0 Å². The molecule has 0 amide bonds. The molecule has 3 saturated carbocycles. The van der Waals surface area contributed by atoms with Gasteiger partial charge in [0, 0.05) is 6.61 Å². The summed E-state index contributed by atoms with van der Waals surface area (Å²) in [5.74, 6) is 2.92. The Morgan fingerprint density at radius 2 is 2.00 bits per heavy atom. The summed E-state index contributed by atoms with van der Waals surface area (Å²) in [6.07, 6.45) is 17.3. The van der Waals surface area contributed by atoms with Crippen molar-refractivity contribution in [3.8, 4) is 0 Å². The fourth-order valence-corrected chi connectivity index (χ4v) is 8.24. The molecular formula is C22H38OSi. The van der Waals surface area contributed by atoms with E-state index in [1.165, 1.54) is 64.2 Å². The first-order chi connectivity index (χ1) is 11.6. The van der Waals surface area contributed by atoms with Gasteiger partial charge in [-0.1, -0.05) is 45.3 Å². The van der Waals surface area contributed by atoms with Crippen molar-refractivity contribution in [3.05, 3.63) is 11.6 Å². The molecule has 0 aromatic carbocycles. The van der Waals surface area contributed by atoms with E-state index in [0.717, 1.165) is 29.9 Å². The minimum Gasteiger partial charge on any atom is -0.423 e. The zero-order chi connectivity index (χ0) is 16.8. The van der Waals surface area contributed by atoms with Gasteiger partial charge in [0.1, 0.15) is 0 Å². The summed E-state index contributed by atoms with van der Waals surface area (Å²) in [5, 5.41) is 0. The van der Waals surface area contributed by atoms with E-state index in [9.17, 15) is 0 Å². The Bertz CT molecular complexity index is 498. The Morgan fingerprint density at radius 3 is 2.83 bits per heavy atom. The van der Waals surface area contributed by atoms with E-state index < -0.39 is 0 Å². The number of hydrogen-bond donors (Lipinski definition) is 0. The van der Waals surface area contributed by atoms with Gasteiger partial charge in [-0.25, -0.2) is 0 Å². The van der Waals surface area contributed by atoms with Crippen LogP contribution in [0.4, 0.5) is 0 Å². The number of fused-ring (bicyclic) bond motifs is 5. The summed E-state index contributed by atoms with van der Waals surface area (Å²) in [4.78, 5) is 0. The van der Waals surface area contributed by atoms with Gasteiger partial charge in [-0.2, -0.15) is 0 Å². The summed E-state index contributed by atoms with van der Waals surface area (Å²) < 4.78 is 6.37. The van der Waals surface area contributed by atoms with E-state index in [0.29, 0.717) is 10.8 Å². The first-order valence-electron chi connectivity index (χ1n) is 10.8. The van der Waals surface area contributed by atoms with Gasteiger partial charge >= 0.3 is 0 Å². The molecule has 4 aliphatic carbocycles. The maximum atomic E-state index is 6.37. The molecule has 0 radical (unpaired) electrons. The third-order valence-corrected chi connectivity index (χ3v) is 9.49. The van der Waals surface area contributed by atoms with Gasteiger partial charge in [0.25, 0.3) is 0 Å². The van der Waals surface area contributed by atoms with Gasteiger partial charge in [0.15, 0.2) is 9.76 Å². The third-order valence-electron chi connectivity index (χ3n) is 8.38. The van der Waals surface area contributed by atoms with Gasteiger partial charge in [-0.15, -0.1) is 0 Å². The standard InChI is InChI=1S/C22H38OSi/c1-16(2)24-23-15-22-13-6-8-20(22)18-10-9-17-7-4-5-12-21(17,3)19(18)11-14-22/h9,16,18-20H,4-8,10-15,24H2,1-3H3/t18-,19+,20+,21+,22+/m1/s1. The molecule has 0 N–H and O–H groups in total. The third kappa shape index (κ3) is 2.76. The molecule has 0 unspecified atom stereocenters. The van der Waals surface area contributed by atoms with Crippen LogP contribution >= 0.6 is 0 Å². The minimum atomic E-state index is -0.309. The Hall–Kier alpha value is -0.0831.